The maximum atomic E-state index is 13.1. The van der Waals surface area contributed by atoms with E-state index >= 15 is 0 Å². The predicted octanol–water partition coefficient (Wildman–Crippen LogP) is 3.49. The number of carbonyl (C=O) groups is 2. The van der Waals surface area contributed by atoms with Gasteiger partial charge in [-0.3, -0.25) is 9.59 Å². The highest BCUT2D eigenvalue weighted by atomic mass is 32.1. The minimum atomic E-state index is -4.80. The van der Waals surface area contributed by atoms with Crippen molar-refractivity contribution in [3.05, 3.63) is 57.8 Å². The summed E-state index contributed by atoms with van der Waals surface area (Å²) in [5.41, 5.74) is 2.15. The molecule has 2 aromatic heterocycles. The fourth-order valence-corrected chi connectivity index (χ4v) is 4.31. The second-order valence-corrected chi connectivity index (χ2v) is 8.72. The van der Waals surface area contributed by atoms with Crippen molar-refractivity contribution in [2.75, 3.05) is 25.0 Å². The average Bonchev–Trinajstić information content (AvgIpc) is 3.22. The Balaban J connectivity index is 1.97. The average molecular weight is 538 g/mol. The summed E-state index contributed by atoms with van der Waals surface area (Å²) in [4.78, 5) is 33.3. The van der Waals surface area contributed by atoms with Gasteiger partial charge in [0.1, 0.15) is 11.6 Å². The Morgan fingerprint density at radius 2 is 1.89 bits per heavy atom. The van der Waals surface area contributed by atoms with Crippen molar-refractivity contribution >= 4 is 29.0 Å². The first-order valence-corrected chi connectivity index (χ1v) is 12.2. The molecule has 198 valence electrons. The molecule has 0 saturated carbocycles. The summed E-state index contributed by atoms with van der Waals surface area (Å²) in [6.07, 6.45) is -4.27. The summed E-state index contributed by atoms with van der Waals surface area (Å²) in [5.74, 6) is -0.771. The van der Waals surface area contributed by atoms with E-state index in [1.165, 1.54) is 42.5 Å². The van der Waals surface area contributed by atoms with Crippen molar-refractivity contribution in [2.24, 2.45) is 4.99 Å². The van der Waals surface area contributed by atoms with Crippen molar-refractivity contribution in [2.45, 2.75) is 33.2 Å². The van der Waals surface area contributed by atoms with Gasteiger partial charge in [-0.1, -0.05) is 0 Å². The summed E-state index contributed by atoms with van der Waals surface area (Å²) in [6, 6.07) is 8.67. The molecule has 2 heterocycles. The van der Waals surface area contributed by atoms with E-state index in [1.807, 2.05) is 0 Å². The summed E-state index contributed by atoms with van der Waals surface area (Å²) in [5, 5.41) is 16.5. The molecule has 13 heteroatoms. The number of nitrogens with zero attached hydrogens (tertiary/aromatic N) is 3. The number of aromatic nitrogens is 2. The second-order valence-electron chi connectivity index (χ2n) is 7.88. The third-order valence-corrected chi connectivity index (χ3v) is 5.84. The lowest BCUT2D eigenvalue weighted by Crippen LogP contribution is -2.24. The molecule has 2 amide bonds. The molecule has 0 fully saturated rings. The minimum Gasteiger partial charge on any atom is -0.406 e. The van der Waals surface area contributed by atoms with E-state index in [0.717, 1.165) is 0 Å². The van der Waals surface area contributed by atoms with Crippen LogP contribution < -0.4 is 20.2 Å². The maximum absolute atomic E-state index is 13.1. The molecule has 3 aromatic rings. The summed E-state index contributed by atoms with van der Waals surface area (Å²) < 4.78 is 43.3. The van der Waals surface area contributed by atoms with Crippen LogP contribution >= 0.6 is 11.3 Å². The Kier molecular flexibility index (Phi) is 9.42. The molecule has 0 unspecified atom stereocenters. The van der Waals surface area contributed by atoms with E-state index in [9.17, 15) is 22.8 Å². The second kappa shape index (κ2) is 12.5. The molecule has 3 rings (SSSR count). The molecule has 0 aliphatic rings. The molecule has 37 heavy (non-hydrogen) atoms. The minimum absolute atomic E-state index is 0.143. The van der Waals surface area contributed by atoms with E-state index in [2.05, 4.69) is 25.3 Å². The van der Waals surface area contributed by atoms with Gasteiger partial charge in [-0.15, -0.1) is 24.5 Å². The first-order valence-electron chi connectivity index (χ1n) is 11.3. The van der Waals surface area contributed by atoms with Crippen LogP contribution in [0.5, 0.6) is 5.75 Å². The number of alkyl halides is 3. The number of anilines is 1. The Morgan fingerprint density at radius 3 is 2.54 bits per heavy atom. The number of benzene rings is 1. The number of aryl methyl sites for hydroxylation is 1. The standard InChI is InChI=1S/C24H26F3N5O4S/c1-15-4-9-19(21(30-15)29-11-13-33)22(35)31-23-32(12-3-10-28-16(2)34)20(14-37-23)17-5-7-18(8-6-17)36-24(25,26)27/h4-9,14,33H,3,10-13H2,1-2H3,(H,28,34)(H,29,30). The van der Waals surface area contributed by atoms with Gasteiger partial charge in [0.25, 0.3) is 5.91 Å². The number of pyridine rings is 1. The molecule has 1 aromatic carbocycles. The largest absolute Gasteiger partial charge is 0.573 e. The van der Waals surface area contributed by atoms with E-state index in [-0.39, 0.29) is 30.4 Å². The number of ether oxygens (including phenoxy) is 1. The number of nitrogens with one attached hydrogen (secondary N) is 2. The quantitative estimate of drug-likeness (QED) is 0.341. The van der Waals surface area contributed by atoms with Crippen molar-refractivity contribution in [3.63, 3.8) is 0 Å². The van der Waals surface area contributed by atoms with Crippen molar-refractivity contribution in [1.29, 1.82) is 0 Å². The summed E-state index contributed by atoms with van der Waals surface area (Å²) in [6.45, 7) is 4.02. The molecule has 0 radical (unpaired) electrons. The van der Waals surface area contributed by atoms with E-state index in [0.29, 0.717) is 47.1 Å². The van der Waals surface area contributed by atoms with Crippen LogP contribution in [-0.4, -0.2) is 52.5 Å². The first-order chi connectivity index (χ1) is 17.6. The molecular formula is C24H26F3N5O4S. The highest BCUT2D eigenvalue weighted by molar-refractivity contribution is 7.07. The molecule has 0 aliphatic carbocycles. The van der Waals surface area contributed by atoms with E-state index in [4.69, 9.17) is 5.11 Å². The SMILES string of the molecule is CC(=O)NCCCn1c(-c2ccc(OC(F)(F)F)cc2)csc1=NC(=O)c1ccc(C)nc1NCCO. The molecule has 3 N–H and O–H groups in total. The molecule has 0 atom stereocenters. The lowest BCUT2D eigenvalue weighted by Gasteiger charge is -2.12. The monoisotopic (exact) mass is 537 g/mol. The Labute approximate surface area is 214 Å². The normalized spacial score (nSPS) is 11.9. The highest BCUT2D eigenvalue weighted by Gasteiger charge is 2.31. The van der Waals surface area contributed by atoms with Gasteiger partial charge in [0.05, 0.1) is 17.9 Å². The highest BCUT2D eigenvalue weighted by Crippen LogP contribution is 2.27. The summed E-state index contributed by atoms with van der Waals surface area (Å²) in [7, 11) is 0. The third-order valence-electron chi connectivity index (χ3n) is 4.98. The third kappa shape index (κ3) is 8.15. The zero-order valence-corrected chi connectivity index (χ0v) is 20.9. The van der Waals surface area contributed by atoms with Crippen LogP contribution in [0.1, 0.15) is 29.4 Å². The molecule has 0 aliphatic heterocycles. The Bertz CT molecular complexity index is 1300. The van der Waals surface area contributed by atoms with Gasteiger partial charge in [-0.25, -0.2) is 4.98 Å². The van der Waals surface area contributed by atoms with Crippen LogP contribution in [0.15, 0.2) is 46.8 Å². The van der Waals surface area contributed by atoms with Crippen LogP contribution in [-0.2, 0) is 11.3 Å². The smallest absolute Gasteiger partial charge is 0.406 e. The van der Waals surface area contributed by atoms with Gasteiger partial charge in [0.2, 0.25) is 5.91 Å². The fraction of sp³-hybridized carbons (Fsp3) is 0.333. The van der Waals surface area contributed by atoms with Crippen LogP contribution in [0.4, 0.5) is 19.0 Å². The number of carbonyl (C=O) groups excluding carboxylic acids is 2. The van der Waals surface area contributed by atoms with Gasteiger partial charge in [0.15, 0.2) is 4.80 Å². The molecular weight excluding hydrogens is 511 g/mol. The number of aliphatic hydroxyl groups excluding tert-OH is 1. The lowest BCUT2D eigenvalue weighted by molar-refractivity contribution is -0.274. The Hall–Kier alpha value is -3.71. The first kappa shape index (κ1) is 27.9. The van der Waals surface area contributed by atoms with Crippen LogP contribution in [0, 0.1) is 6.92 Å². The van der Waals surface area contributed by atoms with E-state index < -0.39 is 12.3 Å². The van der Waals surface area contributed by atoms with Crippen molar-refractivity contribution < 1.29 is 32.6 Å². The van der Waals surface area contributed by atoms with Crippen LogP contribution in [0.3, 0.4) is 0 Å². The molecule has 9 nitrogen and oxygen atoms in total. The number of thiazole rings is 1. The van der Waals surface area contributed by atoms with Crippen LogP contribution in [0.2, 0.25) is 0 Å². The predicted molar refractivity (Wildman–Crippen MR) is 132 cm³/mol. The van der Waals surface area contributed by atoms with Gasteiger partial charge >= 0.3 is 6.36 Å². The van der Waals surface area contributed by atoms with Crippen LogP contribution in [0.25, 0.3) is 11.3 Å². The molecule has 0 bridgehead atoms. The zero-order valence-electron chi connectivity index (χ0n) is 20.1. The van der Waals surface area contributed by atoms with Gasteiger partial charge in [0, 0.05) is 37.6 Å². The number of halogens is 3. The van der Waals surface area contributed by atoms with Gasteiger partial charge < -0.3 is 25.0 Å². The number of hydrogen-bond donors (Lipinski definition) is 3. The Morgan fingerprint density at radius 1 is 1.16 bits per heavy atom. The van der Waals surface area contributed by atoms with Gasteiger partial charge in [-0.2, -0.15) is 4.99 Å². The number of amides is 2. The van der Waals surface area contributed by atoms with Gasteiger partial charge in [-0.05, 0) is 55.3 Å². The molecule has 0 spiro atoms. The van der Waals surface area contributed by atoms with Crippen molar-refractivity contribution in [3.8, 4) is 17.0 Å². The molecule has 0 saturated heterocycles. The summed E-state index contributed by atoms with van der Waals surface area (Å²) >= 11 is 1.20. The maximum Gasteiger partial charge on any atom is 0.573 e. The van der Waals surface area contributed by atoms with Crippen molar-refractivity contribution in [1.82, 2.24) is 14.9 Å². The number of rotatable bonds is 10. The topological polar surface area (TPSA) is 118 Å². The lowest BCUT2D eigenvalue weighted by atomic mass is 10.1. The number of hydrogen-bond acceptors (Lipinski definition) is 7. The zero-order chi connectivity index (χ0) is 27.0. The number of aliphatic hydroxyl groups is 1. The fourth-order valence-electron chi connectivity index (χ4n) is 3.38. The van der Waals surface area contributed by atoms with E-state index in [1.54, 1.807) is 29.0 Å².